The zero-order valence-corrected chi connectivity index (χ0v) is 17.7. The van der Waals surface area contributed by atoms with E-state index in [2.05, 4.69) is 22.0 Å². The lowest BCUT2D eigenvalue weighted by Crippen LogP contribution is -2.35. The number of hydrogen-bond donors (Lipinski definition) is 0. The fraction of sp³-hybridized carbons (Fsp3) is 0.364. The van der Waals surface area contributed by atoms with Gasteiger partial charge in [-0.2, -0.15) is 10.5 Å². The van der Waals surface area contributed by atoms with Gasteiger partial charge in [0.1, 0.15) is 17.5 Å². The largest absolute Gasteiger partial charge is 0.462 e. The van der Waals surface area contributed by atoms with Crippen LogP contribution in [-0.4, -0.2) is 35.1 Å². The molecule has 0 radical (unpaired) electrons. The smallest absolute Gasteiger partial charge is 0.340 e. The number of esters is 1. The number of hydrogen-bond acceptors (Lipinski definition) is 6. The van der Waals surface area contributed by atoms with Gasteiger partial charge in [-0.15, -0.1) is 12.4 Å². The van der Waals surface area contributed by atoms with Crippen LogP contribution >= 0.6 is 12.4 Å². The summed E-state index contributed by atoms with van der Waals surface area (Å²) in [7, 11) is 0. The molecule has 0 saturated carbocycles. The van der Waals surface area contributed by atoms with Crippen LogP contribution in [0.4, 0.5) is 5.82 Å². The number of carbonyl (C=O) groups excluding carboxylic acids is 1. The number of pyridine rings is 1. The van der Waals surface area contributed by atoms with Crippen LogP contribution in [0.3, 0.4) is 0 Å². The molecule has 154 valence electrons. The van der Waals surface area contributed by atoms with E-state index in [1.54, 1.807) is 6.92 Å². The normalized spacial score (nSPS) is 14.2. The maximum Gasteiger partial charge on any atom is 0.340 e. The third-order valence-electron chi connectivity index (χ3n) is 5.53. The zero-order chi connectivity index (χ0) is 20.5. The van der Waals surface area contributed by atoms with E-state index in [0.717, 1.165) is 29.7 Å². The highest BCUT2D eigenvalue weighted by Gasteiger charge is 2.29. The molecule has 0 amide bonds. The van der Waals surface area contributed by atoms with Crippen molar-refractivity contribution in [2.75, 3.05) is 24.6 Å². The Morgan fingerprint density at radius 2 is 1.97 bits per heavy atom. The fourth-order valence-corrected chi connectivity index (χ4v) is 4.15. The number of carbonyl (C=O) groups is 1. The summed E-state index contributed by atoms with van der Waals surface area (Å²) in [6.07, 6.45) is 1.53. The van der Waals surface area contributed by atoms with Crippen LogP contribution in [0.1, 0.15) is 41.3 Å². The molecule has 3 aromatic rings. The highest BCUT2D eigenvalue weighted by molar-refractivity contribution is 5.99. The van der Waals surface area contributed by atoms with E-state index >= 15 is 0 Å². The maximum atomic E-state index is 12.8. The SMILES string of the molecule is CCOC(=O)c1c(C)c(N2CCC(C#N)CC2)n2c(nc3ccccc32)c1C#N.Cl. The number of aromatic nitrogens is 2. The molecule has 0 spiro atoms. The van der Waals surface area contributed by atoms with Crippen LogP contribution in [0.15, 0.2) is 24.3 Å². The summed E-state index contributed by atoms with van der Waals surface area (Å²) < 4.78 is 7.23. The molecule has 4 rings (SSSR count). The van der Waals surface area contributed by atoms with Gasteiger partial charge in [0.15, 0.2) is 5.65 Å². The first-order chi connectivity index (χ1) is 14.1. The minimum absolute atomic E-state index is 0. The molecule has 0 N–H and O–H groups in total. The van der Waals surface area contributed by atoms with Gasteiger partial charge in [0, 0.05) is 24.6 Å². The van der Waals surface area contributed by atoms with Crippen molar-refractivity contribution in [3.05, 3.63) is 41.0 Å². The first-order valence-electron chi connectivity index (χ1n) is 9.76. The Labute approximate surface area is 180 Å². The summed E-state index contributed by atoms with van der Waals surface area (Å²) in [6.45, 7) is 5.24. The summed E-state index contributed by atoms with van der Waals surface area (Å²) in [5.74, 6) is 0.376. The van der Waals surface area contributed by atoms with Gasteiger partial charge in [0.2, 0.25) is 0 Å². The number of benzene rings is 1. The van der Waals surface area contributed by atoms with Gasteiger partial charge in [-0.1, -0.05) is 12.1 Å². The molecule has 1 fully saturated rings. The average Bonchev–Trinajstić information content (AvgIpc) is 3.12. The molecule has 1 aromatic carbocycles. The molecule has 1 aliphatic rings. The van der Waals surface area contributed by atoms with Crippen molar-refractivity contribution in [1.82, 2.24) is 9.38 Å². The quantitative estimate of drug-likeness (QED) is 0.591. The number of halogens is 1. The van der Waals surface area contributed by atoms with Crippen LogP contribution in [-0.2, 0) is 4.74 Å². The van der Waals surface area contributed by atoms with Gasteiger partial charge < -0.3 is 9.64 Å². The van der Waals surface area contributed by atoms with Gasteiger partial charge >= 0.3 is 5.97 Å². The molecule has 2 aromatic heterocycles. The Morgan fingerprint density at radius 3 is 2.60 bits per heavy atom. The van der Waals surface area contributed by atoms with Crippen LogP contribution in [0.25, 0.3) is 16.7 Å². The van der Waals surface area contributed by atoms with Crippen molar-refractivity contribution >= 4 is 40.9 Å². The number of fused-ring (bicyclic) bond motifs is 3. The second-order valence-electron chi connectivity index (χ2n) is 7.18. The molecule has 8 heteroatoms. The molecule has 3 heterocycles. The minimum atomic E-state index is -0.510. The van der Waals surface area contributed by atoms with Gasteiger partial charge in [0.25, 0.3) is 0 Å². The molecule has 1 aliphatic heterocycles. The molecule has 30 heavy (non-hydrogen) atoms. The number of para-hydroxylation sites is 2. The summed E-state index contributed by atoms with van der Waals surface area (Å²) in [4.78, 5) is 19.6. The average molecular weight is 424 g/mol. The second-order valence-corrected chi connectivity index (χ2v) is 7.18. The summed E-state index contributed by atoms with van der Waals surface area (Å²) in [5, 5.41) is 19.1. The lowest BCUT2D eigenvalue weighted by atomic mass is 9.97. The third kappa shape index (κ3) is 3.32. The molecule has 0 bridgehead atoms. The minimum Gasteiger partial charge on any atom is -0.462 e. The van der Waals surface area contributed by atoms with Gasteiger partial charge in [-0.05, 0) is 38.8 Å². The third-order valence-corrected chi connectivity index (χ3v) is 5.53. The number of nitriles is 2. The van der Waals surface area contributed by atoms with Gasteiger partial charge in [0.05, 0.1) is 29.3 Å². The van der Waals surface area contributed by atoms with Gasteiger partial charge in [-0.3, -0.25) is 4.40 Å². The van der Waals surface area contributed by atoms with E-state index in [9.17, 15) is 15.3 Å². The first-order valence-corrected chi connectivity index (χ1v) is 9.76. The summed E-state index contributed by atoms with van der Waals surface area (Å²) in [6, 6.07) is 12.2. The molecule has 1 saturated heterocycles. The van der Waals surface area contributed by atoms with E-state index in [-0.39, 0.29) is 36.1 Å². The second kappa shape index (κ2) is 8.61. The Morgan fingerprint density at radius 1 is 1.27 bits per heavy atom. The monoisotopic (exact) mass is 423 g/mol. The highest BCUT2D eigenvalue weighted by Crippen LogP contribution is 2.35. The topological polar surface area (TPSA) is 94.4 Å². The Balaban J connectivity index is 0.00000256. The Hall–Kier alpha value is -3.29. The lowest BCUT2D eigenvalue weighted by Gasteiger charge is -2.33. The van der Waals surface area contributed by atoms with Crippen molar-refractivity contribution in [1.29, 1.82) is 10.5 Å². The number of imidazole rings is 1. The van der Waals surface area contributed by atoms with Crippen molar-refractivity contribution in [2.24, 2.45) is 5.92 Å². The van der Waals surface area contributed by atoms with E-state index in [0.29, 0.717) is 24.3 Å². The first kappa shape index (κ1) is 21.4. The molecule has 0 aliphatic carbocycles. The molecule has 0 unspecified atom stereocenters. The van der Waals surface area contributed by atoms with Crippen LogP contribution in [0.5, 0.6) is 0 Å². The fourth-order valence-electron chi connectivity index (χ4n) is 4.15. The lowest BCUT2D eigenvalue weighted by molar-refractivity contribution is 0.0525. The molecular weight excluding hydrogens is 402 g/mol. The number of ether oxygens (including phenoxy) is 1. The van der Waals surface area contributed by atoms with Crippen LogP contribution in [0.2, 0.25) is 0 Å². The van der Waals surface area contributed by atoms with Crippen molar-refractivity contribution in [2.45, 2.75) is 26.7 Å². The summed E-state index contributed by atoms with van der Waals surface area (Å²) >= 11 is 0. The predicted octanol–water partition coefficient (Wildman–Crippen LogP) is 4.01. The van der Waals surface area contributed by atoms with Crippen molar-refractivity contribution in [3.63, 3.8) is 0 Å². The van der Waals surface area contributed by atoms with E-state index < -0.39 is 5.97 Å². The number of piperidine rings is 1. The van der Waals surface area contributed by atoms with Crippen LogP contribution in [0, 0.1) is 35.5 Å². The summed E-state index contributed by atoms with van der Waals surface area (Å²) in [5.41, 5.74) is 3.31. The van der Waals surface area contributed by atoms with E-state index in [4.69, 9.17) is 4.74 Å². The Kier molecular flexibility index (Phi) is 6.14. The van der Waals surface area contributed by atoms with Crippen molar-refractivity contribution < 1.29 is 9.53 Å². The number of rotatable bonds is 3. The number of nitrogens with zero attached hydrogens (tertiary/aromatic N) is 5. The highest BCUT2D eigenvalue weighted by atomic mass is 35.5. The standard InChI is InChI=1S/C22H21N5O2.ClH/c1-3-29-22(28)19-14(2)21(26-10-8-15(12-23)9-11-26)27-18-7-5-4-6-17(18)25-20(27)16(19)13-24;/h4-7,15H,3,8-11H2,1-2H3;1H. The Bertz CT molecular complexity index is 1200. The molecular formula is C22H22ClN5O2. The van der Waals surface area contributed by atoms with E-state index in [1.165, 1.54) is 0 Å². The number of anilines is 1. The van der Waals surface area contributed by atoms with Gasteiger partial charge in [-0.25, -0.2) is 9.78 Å². The van der Waals surface area contributed by atoms with E-state index in [1.807, 2.05) is 35.6 Å². The van der Waals surface area contributed by atoms with Crippen LogP contribution < -0.4 is 4.90 Å². The zero-order valence-electron chi connectivity index (χ0n) is 16.9. The maximum absolute atomic E-state index is 12.8. The van der Waals surface area contributed by atoms with Crippen molar-refractivity contribution in [3.8, 4) is 12.1 Å². The molecule has 7 nitrogen and oxygen atoms in total. The predicted molar refractivity (Wildman–Crippen MR) is 116 cm³/mol. The molecule has 0 atom stereocenters.